The van der Waals surface area contributed by atoms with Crippen molar-refractivity contribution in [3.63, 3.8) is 0 Å². The molecule has 0 aromatic heterocycles. The normalized spacial score (nSPS) is 10.6. The maximum absolute atomic E-state index is 9.48. The number of aliphatic hydroxyl groups excluding tert-OH is 2. The minimum absolute atomic E-state index is 0.0559. The highest BCUT2D eigenvalue weighted by atomic mass is 35.5. The predicted molar refractivity (Wildman–Crippen MR) is 82.0 cm³/mol. The van der Waals surface area contributed by atoms with E-state index in [2.05, 4.69) is 0 Å². The lowest BCUT2D eigenvalue weighted by Crippen LogP contribution is -2.27. The molecule has 106 valence electrons. The van der Waals surface area contributed by atoms with Crippen LogP contribution in [-0.2, 0) is 13.2 Å². The van der Waals surface area contributed by atoms with E-state index in [1.54, 1.807) is 12.1 Å². The molecule has 0 spiro atoms. The van der Waals surface area contributed by atoms with Crippen LogP contribution in [0.3, 0.4) is 0 Å². The molecule has 2 rings (SSSR count). The molecule has 0 atom stereocenters. The van der Waals surface area contributed by atoms with Crippen molar-refractivity contribution in [2.45, 2.75) is 13.2 Å². The van der Waals surface area contributed by atoms with Crippen molar-refractivity contribution >= 4 is 17.3 Å². The summed E-state index contributed by atoms with van der Waals surface area (Å²) in [6.45, 7) is 1.16. The summed E-state index contributed by atoms with van der Waals surface area (Å²) in [5.74, 6) is 0. The topological polar surface area (TPSA) is 43.7 Å². The van der Waals surface area contributed by atoms with Gasteiger partial charge >= 0.3 is 0 Å². The second kappa shape index (κ2) is 7.29. The predicted octanol–water partition coefficient (Wildman–Crippen LogP) is 2.83. The Bertz CT molecular complexity index is 545. The third-order valence-electron chi connectivity index (χ3n) is 3.14. The molecule has 0 saturated heterocycles. The Kier molecular flexibility index (Phi) is 5.41. The third-order valence-corrected chi connectivity index (χ3v) is 3.37. The van der Waals surface area contributed by atoms with Gasteiger partial charge in [-0.15, -0.1) is 0 Å². The van der Waals surface area contributed by atoms with E-state index < -0.39 is 0 Å². The fourth-order valence-corrected chi connectivity index (χ4v) is 2.39. The van der Waals surface area contributed by atoms with Crippen LogP contribution in [-0.4, -0.2) is 23.4 Å². The van der Waals surface area contributed by atoms with Crippen LogP contribution in [0.2, 0.25) is 5.02 Å². The lowest BCUT2D eigenvalue weighted by Gasteiger charge is -2.26. The minimum atomic E-state index is -0.0768. The summed E-state index contributed by atoms with van der Waals surface area (Å²) in [4.78, 5) is 2.04. The average molecular weight is 292 g/mol. The second-order valence-electron chi connectivity index (χ2n) is 4.56. The van der Waals surface area contributed by atoms with Crippen LogP contribution in [0.15, 0.2) is 48.5 Å². The van der Waals surface area contributed by atoms with Crippen LogP contribution in [0.5, 0.6) is 0 Å². The van der Waals surface area contributed by atoms with Crippen LogP contribution < -0.4 is 4.90 Å². The van der Waals surface area contributed by atoms with Gasteiger partial charge in [0.05, 0.1) is 13.2 Å². The van der Waals surface area contributed by atoms with Crippen molar-refractivity contribution in [2.24, 2.45) is 0 Å². The van der Waals surface area contributed by atoms with E-state index in [0.717, 1.165) is 16.8 Å². The monoisotopic (exact) mass is 291 g/mol. The Balaban J connectivity index is 2.28. The number of halogens is 1. The first-order valence-electron chi connectivity index (χ1n) is 6.53. The maximum atomic E-state index is 9.48. The fraction of sp³-hybridized carbons (Fsp3) is 0.250. The van der Waals surface area contributed by atoms with Crippen LogP contribution >= 0.6 is 11.6 Å². The van der Waals surface area contributed by atoms with Crippen molar-refractivity contribution in [3.8, 4) is 0 Å². The van der Waals surface area contributed by atoms with E-state index >= 15 is 0 Å². The highest BCUT2D eigenvalue weighted by Gasteiger charge is 2.11. The summed E-state index contributed by atoms with van der Waals surface area (Å²) in [6.07, 6.45) is 0. The Morgan fingerprint density at radius 2 is 1.75 bits per heavy atom. The zero-order valence-corrected chi connectivity index (χ0v) is 11.9. The molecule has 0 unspecified atom stereocenters. The van der Waals surface area contributed by atoms with E-state index in [9.17, 15) is 10.2 Å². The number of benzene rings is 2. The molecular formula is C16H18ClNO2. The van der Waals surface area contributed by atoms with Gasteiger partial charge in [0, 0.05) is 29.4 Å². The number of nitrogens with zero attached hydrogens (tertiary/aromatic N) is 1. The van der Waals surface area contributed by atoms with Gasteiger partial charge in [0.25, 0.3) is 0 Å². The molecule has 0 heterocycles. The highest BCUT2D eigenvalue weighted by molar-refractivity contribution is 6.30. The van der Waals surface area contributed by atoms with Crippen molar-refractivity contribution in [1.82, 2.24) is 0 Å². The number of hydrogen-bond acceptors (Lipinski definition) is 3. The van der Waals surface area contributed by atoms with Crippen LogP contribution in [0.25, 0.3) is 0 Å². The summed E-state index contributed by atoms with van der Waals surface area (Å²) in [6, 6.07) is 15.5. The second-order valence-corrected chi connectivity index (χ2v) is 5.00. The number of rotatable bonds is 6. The molecule has 0 aliphatic carbocycles. The van der Waals surface area contributed by atoms with Crippen molar-refractivity contribution in [2.75, 3.05) is 18.1 Å². The number of aliphatic hydroxyl groups is 2. The first-order chi connectivity index (χ1) is 9.74. The Morgan fingerprint density at radius 1 is 1.00 bits per heavy atom. The van der Waals surface area contributed by atoms with E-state index in [1.807, 2.05) is 41.3 Å². The zero-order chi connectivity index (χ0) is 14.4. The molecule has 3 nitrogen and oxygen atoms in total. The van der Waals surface area contributed by atoms with Crippen LogP contribution in [0.4, 0.5) is 5.69 Å². The van der Waals surface area contributed by atoms with Gasteiger partial charge in [-0.1, -0.05) is 41.9 Å². The lowest BCUT2D eigenvalue weighted by molar-refractivity contribution is 0.280. The van der Waals surface area contributed by atoms with Crippen molar-refractivity contribution < 1.29 is 10.2 Å². The molecule has 0 amide bonds. The minimum Gasteiger partial charge on any atom is -0.395 e. The lowest BCUT2D eigenvalue weighted by atomic mass is 10.1. The fourth-order valence-electron chi connectivity index (χ4n) is 2.20. The van der Waals surface area contributed by atoms with Gasteiger partial charge in [-0.3, -0.25) is 0 Å². The van der Waals surface area contributed by atoms with Gasteiger partial charge in [-0.25, -0.2) is 0 Å². The molecule has 0 saturated carbocycles. The molecular weight excluding hydrogens is 274 g/mol. The van der Waals surface area contributed by atoms with Crippen molar-refractivity contribution in [1.29, 1.82) is 0 Å². The van der Waals surface area contributed by atoms with Crippen LogP contribution in [0, 0.1) is 0 Å². The third kappa shape index (κ3) is 3.73. The largest absolute Gasteiger partial charge is 0.395 e. The van der Waals surface area contributed by atoms with E-state index in [-0.39, 0.29) is 13.2 Å². The van der Waals surface area contributed by atoms with Gasteiger partial charge in [0.1, 0.15) is 0 Å². The SMILES string of the molecule is OCCN(Cc1ccccc1)c1ccc(Cl)cc1CO. The Labute approximate surface area is 124 Å². The first kappa shape index (κ1) is 14.9. The summed E-state index contributed by atoms with van der Waals surface area (Å²) in [5.41, 5.74) is 2.82. The average Bonchev–Trinajstić information content (AvgIpc) is 2.48. The number of hydrogen-bond donors (Lipinski definition) is 2. The molecule has 2 aromatic carbocycles. The molecule has 0 aliphatic rings. The summed E-state index contributed by atoms with van der Waals surface area (Å²) >= 11 is 5.96. The smallest absolute Gasteiger partial charge is 0.0702 e. The number of anilines is 1. The molecule has 0 fully saturated rings. The highest BCUT2D eigenvalue weighted by Crippen LogP contribution is 2.25. The molecule has 0 bridgehead atoms. The molecule has 0 aliphatic heterocycles. The Morgan fingerprint density at radius 3 is 2.40 bits per heavy atom. The maximum Gasteiger partial charge on any atom is 0.0702 e. The van der Waals surface area contributed by atoms with Gasteiger partial charge in [-0.05, 0) is 23.8 Å². The molecule has 2 N–H and O–H groups in total. The first-order valence-corrected chi connectivity index (χ1v) is 6.91. The molecule has 2 aromatic rings. The summed E-state index contributed by atoms with van der Waals surface area (Å²) < 4.78 is 0. The summed E-state index contributed by atoms with van der Waals surface area (Å²) in [7, 11) is 0. The standard InChI is InChI=1S/C16H18ClNO2/c17-15-6-7-16(14(10-15)12-20)18(8-9-19)11-13-4-2-1-3-5-13/h1-7,10,19-20H,8-9,11-12H2. The molecule has 20 heavy (non-hydrogen) atoms. The van der Waals surface area contributed by atoms with Gasteiger partial charge in [0.2, 0.25) is 0 Å². The quantitative estimate of drug-likeness (QED) is 0.860. The van der Waals surface area contributed by atoms with Gasteiger partial charge in [0.15, 0.2) is 0 Å². The molecule has 0 radical (unpaired) electrons. The zero-order valence-electron chi connectivity index (χ0n) is 11.2. The molecule has 4 heteroatoms. The summed E-state index contributed by atoms with van der Waals surface area (Å²) in [5, 5.41) is 19.3. The van der Waals surface area contributed by atoms with Crippen LogP contribution in [0.1, 0.15) is 11.1 Å². The van der Waals surface area contributed by atoms with Gasteiger partial charge < -0.3 is 15.1 Å². The van der Waals surface area contributed by atoms with E-state index in [4.69, 9.17) is 11.6 Å². The Hall–Kier alpha value is -1.55. The van der Waals surface area contributed by atoms with E-state index in [1.165, 1.54) is 0 Å². The van der Waals surface area contributed by atoms with E-state index in [0.29, 0.717) is 18.1 Å². The van der Waals surface area contributed by atoms with Crippen molar-refractivity contribution in [3.05, 3.63) is 64.7 Å². The van der Waals surface area contributed by atoms with Gasteiger partial charge in [-0.2, -0.15) is 0 Å².